The molecule has 2 rings (SSSR count). The molecular weight excluding hydrogens is 250 g/mol. The Morgan fingerprint density at radius 2 is 2.17 bits per heavy atom. The van der Waals surface area contributed by atoms with Gasteiger partial charge in [-0.25, -0.2) is 8.51 Å². The van der Waals surface area contributed by atoms with Gasteiger partial charge < -0.3 is 5.11 Å². The topological polar surface area (TPSA) is 57.6 Å². The number of benzene rings is 1. The van der Waals surface area contributed by atoms with E-state index >= 15 is 0 Å². The lowest BCUT2D eigenvalue weighted by Gasteiger charge is -2.29. The van der Waals surface area contributed by atoms with Crippen LogP contribution in [0.25, 0.3) is 0 Å². The van der Waals surface area contributed by atoms with E-state index in [9.17, 15) is 9.00 Å². The molecule has 2 unspecified atom stereocenters. The van der Waals surface area contributed by atoms with Gasteiger partial charge in [0.15, 0.2) is 0 Å². The zero-order valence-corrected chi connectivity index (χ0v) is 11.2. The quantitative estimate of drug-likeness (QED) is 0.908. The lowest BCUT2D eigenvalue weighted by molar-refractivity contribution is -0.142. The molecule has 1 saturated heterocycles. The average molecular weight is 267 g/mol. The summed E-state index contributed by atoms with van der Waals surface area (Å²) in [5.41, 5.74) is 0.980. The second kappa shape index (κ2) is 5.63. The van der Waals surface area contributed by atoms with Crippen LogP contribution in [-0.4, -0.2) is 32.7 Å². The fraction of sp³-hybridized carbons (Fsp3) is 0.462. The number of rotatable bonds is 3. The predicted molar refractivity (Wildman–Crippen MR) is 69.5 cm³/mol. The summed E-state index contributed by atoms with van der Waals surface area (Å²) in [6.07, 6.45) is 1.46. The van der Waals surface area contributed by atoms with E-state index < -0.39 is 22.9 Å². The molecule has 1 aliphatic rings. The van der Waals surface area contributed by atoms with Crippen LogP contribution in [-0.2, 0) is 15.8 Å². The number of piperidine rings is 1. The highest BCUT2D eigenvalue weighted by Gasteiger charge is 2.29. The van der Waals surface area contributed by atoms with E-state index in [1.807, 2.05) is 31.2 Å². The van der Waals surface area contributed by atoms with Crippen molar-refractivity contribution >= 4 is 17.0 Å². The van der Waals surface area contributed by atoms with E-state index in [1.54, 1.807) is 4.31 Å². The van der Waals surface area contributed by atoms with Crippen LogP contribution in [0, 0.1) is 12.8 Å². The summed E-state index contributed by atoms with van der Waals surface area (Å²) >= 11 is 0. The van der Waals surface area contributed by atoms with Crippen molar-refractivity contribution in [1.29, 1.82) is 0 Å². The maximum atomic E-state index is 12.4. The summed E-state index contributed by atoms with van der Waals surface area (Å²) in [5.74, 6) is -1.19. The minimum absolute atomic E-state index is 0.371. The van der Waals surface area contributed by atoms with Gasteiger partial charge in [-0.1, -0.05) is 18.2 Å². The normalized spacial score (nSPS) is 22.6. The number of carbonyl (C=O) groups is 1. The van der Waals surface area contributed by atoms with E-state index in [2.05, 4.69) is 0 Å². The number of aliphatic carboxylic acids is 1. The molecule has 1 aromatic rings. The number of carboxylic acid groups (broad SMARTS) is 1. The van der Waals surface area contributed by atoms with Crippen LogP contribution in [0.3, 0.4) is 0 Å². The predicted octanol–water partition coefficient (Wildman–Crippen LogP) is 1.81. The largest absolute Gasteiger partial charge is 0.481 e. The van der Waals surface area contributed by atoms with E-state index in [0.717, 1.165) is 16.9 Å². The molecule has 0 aliphatic carbocycles. The molecule has 1 aromatic carbocycles. The molecule has 0 bridgehead atoms. The Balaban J connectivity index is 2.14. The fourth-order valence-corrected chi connectivity index (χ4v) is 3.61. The number of aryl methyl sites for hydroxylation is 1. The van der Waals surface area contributed by atoms with Gasteiger partial charge in [-0.15, -0.1) is 0 Å². The molecule has 18 heavy (non-hydrogen) atoms. The van der Waals surface area contributed by atoms with Crippen molar-refractivity contribution in [1.82, 2.24) is 4.31 Å². The van der Waals surface area contributed by atoms with Gasteiger partial charge >= 0.3 is 5.97 Å². The first-order chi connectivity index (χ1) is 8.59. The van der Waals surface area contributed by atoms with Crippen molar-refractivity contribution in [2.75, 3.05) is 13.1 Å². The number of hydrogen-bond donors (Lipinski definition) is 1. The van der Waals surface area contributed by atoms with Crippen LogP contribution in [0.5, 0.6) is 0 Å². The molecule has 1 heterocycles. The Hall–Kier alpha value is -1.20. The van der Waals surface area contributed by atoms with Gasteiger partial charge in [0.05, 0.1) is 10.8 Å². The molecule has 0 aromatic heterocycles. The standard InChI is InChI=1S/C13H17NO3S/c1-10-5-2-3-7-12(10)18(17)14-8-4-6-11(9-14)13(15)16/h2-3,5,7,11H,4,6,8-9H2,1H3,(H,15,16). The van der Waals surface area contributed by atoms with E-state index in [0.29, 0.717) is 19.5 Å². The zero-order chi connectivity index (χ0) is 13.1. The zero-order valence-electron chi connectivity index (χ0n) is 10.3. The van der Waals surface area contributed by atoms with Crippen LogP contribution in [0.15, 0.2) is 29.2 Å². The summed E-state index contributed by atoms with van der Waals surface area (Å²) in [6.45, 7) is 2.99. The second-order valence-corrected chi connectivity index (χ2v) is 6.03. The van der Waals surface area contributed by atoms with Gasteiger partial charge in [0.1, 0.15) is 11.0 Å². The highest BCUT2D eigenvalue weighted by atomic mass is 32.2. The van der Waals surface area contributed by atoms with Crippen LogP contribution in [0.1, 0.15) is 18.4 Å². The lowest BCUT2D eigenvalue weighted by atomic mass is 10.0. The maximum Gasteiger partial charge on any atom is 0.307 e. The third-order valence-electron chi connectivity index (χ3n) is 3.25. The highest BCUT2D eigenvalue weighted by Crippen LogP contribution is 2.22. The highest BCUT2D eigenvalue weighted by molar-refractivity contribution is 7.82. The molecule has 98 valence electrons. The average Bonchev–Trinajstić information content (AvgIpc) is 2.38. The van der Waals surface area contributed by atoms with Crippen LogP contribution in [0.2, 0.25) is 0 Å². The molecule has 1 N–H and O–H groups in total. The van der Waals surface area contributed by atoms with Crippen LogP contribution < -0.4 is 0 Å². The molecule has 4 nitrogen and oxygen atoms in total. The second-order valence-electron chi connectivity index (χ2n) is 4.58. The van der Waals surface area contributed by atoms with Gasteiger partial charge in [0.25, 0.3) is 0 Å². The van der Waals surface area contributed by atoms with E-state index in [-0.39, 0.29) is 0 Å². The Kier molecular flexibility index (Phi) is 4.14. The van der Waals surface area contributed by atoms with Gasteiger partial charge in [0.2, 0.25) is 0 Å². The summed E-state index contributed by atoms with van der Waals surface area (Å²) in [4.78, 5) is 11.8. The van der Waals surface area contributed by atoms with Gasteiger partial charge in [-0.05, 0) is 31.4 Å². The van der Waals surface area contributed by atoms with Crippen molar-refractivity contribution in [3.05, 3.63) is 29.8 Å². The summed E-state index contributed by atoms with van der Waals surface area (Å²) in [5, 5.41) is 9.04. The van der Waals surface area contributed by atoms with Gasteiger partial charge in [-0.2, -0.15) is 0 Å². The minimum atomic E-state index is -1.25. The Labute approximate surface area is 109 Å². The van der Waals surface area contributed by atoms with Crippen molar-refractivity contribution in [2.24, 2.45) is 5.92 Å². The first-order valence-corrected chi connectivity index (χ1v) is 7.15. The number of carboxylic acids is 1. The summed E-state index contributed by atoms with van der Waals surface area (Å²) in [6, 6.07) is 7.53. The molecule has 1 fully saturated rings. The van der Waals surface area contributed by atoms with Crippen molar-refractivity contribution < 1.29 is 14.1 Å². The van der Waals surface area contributed by atoms with Gasteiger partial charge in [0, 0.05) is 13.1 Å². The molecule has 1 aliphatic heterocycles. The van der Waals surface area contributed by atoms with Crippen molar-refractivity contribution in [3.8, 4) is 0 Å². The molecule has 0 amide bonds. The summed E-state index contributed by atoms with van der Waals surface area (Å²) < 4.78 is 14.2. The first-order valence-electron chi connectivity index (χ1n) is 6.05. The fourth-order valence-electron chi connectivity index (χ4n) is 2.19. The third-order valence-corrected chi connectivity index (χ3v) is 4.88. The number of hydrogen-bond acceptors (Lipinski definition) is 2. The third kappa shape index (κ3) is 2.79. The number of nitrogens with zero attached hydrogens (tertiary/aromatic N) is 1. The maximum absolute atomic E-state index is 12.4. The lowest BCUT2D eigenvalue weighted by Crippen LogP contribution is -2.39. The van der Waals surface area contributed by atoms with E-state index in [4.69, 9.17) is 5.11 Å². The summed E-state index contributed by atoms with van der Waals surface area (Å²) in [7, 11) is -1.25. The van der Waals surface area contributed by atoms with Crippen LogP contribution >= 0.6 is 0 Å². The monoisotopic (exact) mass is 267 g/mol. The van der Waals surface area contributed by atoms with Crippen molar-refractivity contribution in [3.63, 3.8) is 0 Å². The molecular formula is C13H17NO3S. The molecule has 0 radical (unpaired) electrons. The molecule has 2 atom stereocenters. The van der Waals surface area contributed by atoms with Crippen LogP contribution in [0.4, 0.5) is 0 Å². The Morgan fingerprint density at radius 3 is 2.83 bits per heavy atom. The van der Waals surface area contributed by atoms with Gasteiger partial charge in [-0.3, -0.25) is 4.79 Å². The smallest absolute Gasteiger partial charge is 0.307 e. The SMILES string of the molecule is Cc1ccccc1S(=O)N1CCCC(C(=O)O)C1. The first kappa shape index (κ1) is 13.2. The molecule has 0 spiro atoms. The molecule has 5 heteroatoms. The van der Waals surface area contributed by atoms with Crippen molar-refractivity contribution in [2.45, 2.75) is 24.7 Å². The Morgan fingerprint density at radius 1 is 1.44 bits per heavy atom. The van der Waals surface area contributed by atoms with E-state index in [1.165, 1.54) is 0 Å². The minimum Gasteiger partial charge on any atom is -0.481 e. The Bertz CT molecular complexity index is 475. The molecule has 0 saturated carbocycles.